The van der Waals surface area contributed by atoms with E-state index >= 15 is 0 Å². The average molecular weight is 350 g/mol. The third-order valence-corrected chi connectivity index (χ3v) is 3.14. The van der Waals surface area contributed by atoms with Gasteiger partial charge in [0, 0.05) is 25.4 Å². The van der Waals surface area contributed by atoms with Gasteiger partial charge in [0.1, 0.15) is 0 Å². The van der Waals surface area contributed by atoms with E-state index in [2.05, 4.69) is 20.9 Å². The van der Waals surface area contributed by atoms with Gasteiger partial charge in [-0.05, 0) is 18.1 Å². The van der Waals surface area contributed by atoms with Crippen LogP contribution in [0.25, 0.3) is 0 Å². The Labute approximate surface area is 144 Å². The molecule has 1 unspecified atom stereocenters. The molecule has 0 fully saturated rings. The van der Waals surface area contributed by atoms with Gasteiger partial charge in [-0.25, -0.2) is 0 Å². The smallest absolute Gasteiger partial charge is 0.305 e. The highest BCUT2D eigenvalue weighted by Gasteiger charge is 2.18. The molecule has 25 heavy (non-hydrogen) atoms. The topological polar surface area (TPSA) is 170 Å². The quantitative estimate of drug-likeness (QED) is 0.180. The first-order chi connectivity index (χ1) is 11.9. The van der Waals surface area contributed by atoms with Crippen LogP contribution in [-0.2, 0) is 14.4 Å². The van der Waals surface area contributed by atoms with Gasteiger partial charge in [-0.2, -0.15) is 0 Å². The van der Waals surface area contributed by atoms with Gasteiger partial charge in [0.2, 0.25) is 11.8 Å². The van der Waals surface area contributed by atoms with Crippen molar-refractivity contribution in [1.82, 2.24) is 20.9 Å². The Morgan fingerprint density at radius 2 is 2.04 bits per heavy atom. The van der Waals surface area contributed by atoms with Crippen molar-refractivity contribution in [2.75, 3.05) is 13.1 Å². The van der Waals surface area contributed by atoms with E-state index in [1.54, 1.807) is 18.3 Å². The second-order valence-electron chi connectivity index (χ2n) is 5.23. The van der Waals surface area contributed by atoms with Crippen molar-refractivity contribution >= 4 is 23.7 Å². The van der Waals surface area contributed by atoms with Crippen LogP contribution >= 0.6 is 0 Å². The second kappa shape index (κ2) is 10.6. The van der Waals surface area contributed by atoms with E-state index < -0.39 is 17.9 Å². The van der Waals surface area contributed by atoms with Crippen LogP contribution in [0.4, 0.5) is 0 Å². The number of carboxylic acid groups (broad SMARTS) is 1. The Bertz CT molecular complexity index is 607. The van der Waals surface area contributed by atoms with Crippen LogP contribution < -0.4 is 21.7 Å². The second-order valence-corrected chi connectivity index (χ2v) is 5.23. The summed E-state index contributed by atoms with van der Waals surface area (Å²) in [6, 6.07) is 2.59. The van der Waals surface area contributed by atoms with Gasteiger partial charge in [-0.15, -0.1) is 0 Å². The number of amides is 2. The minimum Gasteiger partial charge on any atom is -0.481 e. The molecule has 0 radical (unpaired) electrons. The molecule has 136 valence electrons. The summed E-state index contributed by atoms with van der Waals surface area (Å²) in [7, 11) is 0. The van der Waals surface area contributed by atoms with Crippen LogP contribution in [0.3, 0.4) is 0 Å². The van der Waals surface area contributed by atoms with E-state index in [1.807, 2.05) is 0 Å². The Morgan fingerprint density at radius 3 is 2.64 bits per heavy atom. The molecule has 0 aliphatic heterocycles. The third kappa shape index (κ3) is 8.89. The van der Waals surface area contributed by atoms with E-state index in [0.29, 0.717) is 18.5 Å². The van der Waals surface area contributed by atoms with Crippen molar-refractivity contribution < 1.29 is 19.5 Å². The highest BCUT2D eigenvalue weighted by Crippen LogP contribution is 2.15. The van der Waals surface area contributed by atoms with Crippen molar-refractivity contribution in [3.63, 3.8) is 0 Å². The van der Waals surface area contributed by atoms with Crippen LogP contribution in [0, 0.1) is 5.41 Å². The van der Waals surface area contributed by atoms with Gasteiger partial charge in [-0.3, -0.25) is 24.8 Å². The maximum atomic E-state index is 11.9. The number of aromatic nitrogens is 1. The molecule has 2 amide bonds. The first-order valence-corrected chi connectivity index (χ1v) is 7.64. The van der Waals surface area contributed by atoms with Crippen molar-refractivity contribution in [2.45, 2.75) is 25.3 Å². The Morgan fingerprint density at radius 1 is 1.28 bits per heavy atom. The number of nitrogens with zero attached hydrogens (tertiary/aromatic N) is 1. The van der Waals surface area contributed by atoms with Crippen LogP contribution in [0.15, 0.2) is 24.5 Å². The molecule has 1 atom stereocenters. The van der Waals surface area contributed by atoms with Crippen molar-refractivity contribution in [3.05, 3.63) is 30.1 Å². The fraction of sp³-hybridized carbons (Fsp3) is 0.400. The molecule has 0 aliphatic carbocycles. The highest BCUT2D eigenvalue weighted by molar-refractivity contribution is 5.85. The summed E-state index contributed by atoms with van der Waals surface area (Å²) in [6.45, 7) is 0.131. The molecule has 10 nitrogen and oxygen atoms in total. The summed E-state index contributed by atoms with van der Waals surface area (Å²) in [4.78, 5) is 38.4. The van der Waals surface area contributed by atoms with Gasteiger partial charge in [0.15, 0.2) is 5.96 Å². The molecule has 0 aliphatic rings. The van der Waals surface area contributed by atoms with Crippen molar-refractivity contribution in [2.24, 2.45) is 5.73 Å². The minimum absolute atomic E-state index is 0.167. The van der Waals surface area contributed by atoms with E-state index in [-0.39, 0.29) is 31.3 Å². The Balaban J connectivity index is 2.40. The standard InChI is InChI=1S/C15H22N6O4/c16-15(17)19-6-2-4-12(22)20-9-13(23)21-11(7-14(24)25)10-3-1-5-18-8-10/h1,3,5,8,11H,2,4,6-7,9H2,(H,20,22)(H,21,23)(H,24,25)(H4,16,17,19). The average Bonchev–Trinajstić information content (AvgIpc) is 2.56. The van der Waals surface area contributed by atoms with Gasteiger partial charge >= 0.3 is 5.97 Å². The number of hydrogen-bond donors (Lipinski definition) is 6. The van der Waals surface area contributed by atoms with Crippen LogP contribution in [0.5, 0.6) is 0 Å². The Hall–Kier alpha value is -3.17. The summed E-state index contributed by atoms with van der Waals surface area (Å²) in [5.41, 5.74) is 5.68. The fourth-order valence-electron chi connectivity index (χ4n) is 1.99. The molecule has 0 spiro atoms. The predicted octanol–water partition coefficient (Wildman–Crippen LogP) is -0.907. The summed E-state index contributed by atoms with van der Waals surface area (Å²) in [5.74, 6) is -2.04. The van der Waals surface area contributed by atoms with E-state index in [9.17, 15) is 14.4 Å². The number of rotatable bonds is 10. The molecule has 7 N–H and O–H groups in total. The molecule has 1 rings (SSSR count). The van der Waals surface area contributed by atoms with Crippen molar-refractivity contribution in [1.29, 1.82) is 5.41 Å². The van der Waals surface area contributed by atoms with E-state index in [1.165, 1.54) is 6.20 Å². The van der Waals surface area contributed by atoms with Crippen LogP contribution in [0.2, 0.25) is 0 Å². The van der Waals surface area contributed by atoms with E-state index in [4.69, 9.17) is 16.2 Å². The molecule has 1 heterocycles. The van der Waals surface area contributed by atoms with Crippen LogP contribution in [-0.4, -0.2) is 46.9 Å². The number of carbonyl (C=O) groups excluding carboxylic acids is 2. The lowest BCUT2D eigenvalue weighted by atomic mass is 10.1. The molecule has 0 saturated heterocycles. The summed E-state index contributed by atoms with van der Waals surface area (Å²) in [5, 5.41) is 23.5. The monoisotopic (exact) mass is 350 g/mol. The molecule has 1 aromatic rings. The normalized spacial score (nSPS) is 11.2. The number of carbonyl (C=O) groups is 3. The number of nitrogens with two attached hydrogens (primary N) is 1. The first-order valence-electron chi connectivity index (χ1n) is 7.64. The maximum absolute atomic E-state index is 11.9. The van der Waals surface area contributed by atoms with E-state index in [0.717, 1.165) is 0 Å². The number of nitrogens with one attached hydrogen (secondary N) is 4. The molecule has 0 bridgehead atoms. The zero-order valence-corrected chi connectivity index (χ0v) is 13.6. The maximum Gasteiger partial charge on any atom is 0.305 e. The zero-order valence-electron chi connectivity index (χ0n) is 13.6. The number of carboxylic acids is 1. The van der Waals surface area contributed by atoms with Gasteiger partial charge in [-0.1, -0.05) is 6.07 Å². The molecule has 1 aromatic heterocycles. The summed E-state index contributed by atoms with van der Waals surface area (Å²) >= 11 is 0. The SMILES string of the molecule is N=C(N)NCCCC(=O)NCC(=O)NC(CC(=O)O)c1cccnc1. The lowest BCUT2D eigenvalue weighted by Gasteiger charge is -2.17. The van der Waals surface area contributed by atoms with Gasteiger partial charge in [0.25, 0.3) is 0 Å². The number of aliphatic carboxylic acids is 1. The largest absolute Gasteiger partial charge is 0.481 e. The zero-order chi connectivity index (χ0) is 18.7. The minimum atomic E-state index is -1.06. The molecular formula is C15H22N6O4. The fourth-order valence-corrected chi connectivity index (χ4v) is 1.99. The highest BCUT2D eigenvalue weighted by atomic mass is 16.4. The number of hydrogen-bond acceptors (Lipinski definition) is 5. The molecule has 0 saturated carbocycles. The number of pyridine rings is 1. The van der Waals surface area contributed by atoms with Gasteiger partial charge < -0.3 is 26.8 Å². The molecule has 10 heteroatoms. The van der Waals surface area contributed by atoms with Crippen molar-refractivity contribution in [3.8, 4) is 0 Å². The first kappa shape index (κ1) is 19.9. The predicted molar refractivity (Wildman–Crippen MR) is 89.5 cm³/mol. The summed E-state index contributed by atoms with van der Waals surface area (Å²) < 4.78 is 0. The molecular weight excluding hydrogens is 328 g/mol. The summed E-state index contributed by atoms with van der Waals surface area (Å²) in [6.07, 6.45) is 3.37. The Kier molecular flexibility index (Phi) is 8.41. The molecule has 0 aromatic carbocycles. The van der Waals surface area contributed by atoms with Gasteiger partial charge in [0.05, 0.1) is 19.0 Å². The lowest BCUT2D eigenvalue weighted by Crippen LogP contribution is -2.39. The van der Waals surface area contributed by atoms with Crippen LogP contribution in [0.1, 0.15) is 30.9 Å². The lowest BCUT2D eigenvalue weighted by molar-refractivity contribution is -0.138. The third-order valence-electron chi connectivity index (χ3n) is 3.14. The number of guanidine groups is 1.